The first kappa shape index (κ1) is 9.40. The highest BCUT2D eigenvalue weighted by atomic mass is 16.5. The Kier molecular flexibility index (Phi) is 2.93. The van der Waals surface area contributed by atoms with Gasteiger partial charge in [-0.25, -0.2) is 0 Å². The number of hydrogen-bond acceptors (Lipinski definition) is 4. The van der Waals surface area contributed by atoms with Crippen LogP contribution >= 0.6 is 0 Å². The van der Waals surface area contributed by atoms with Crippen molar-refractivity contribution in [1.82, 2.24) is 10.2 Å². The molecule has 4 nitrogen and oxygen atoms in total. The smallest absolute Gasteiger partial charge is 0.148 e. The number of ether oxygens (including phenoxy) is 1. The molecule has 1 aliphatic heterocycles. The van der Waals surface area contributed by atoms with Crippen molar-refractivity contribution in [2.24, 2.45) is 0 Å². The Hall–Kier alpha value is -1.16. The summed E-state index contributed by atoms with van der Waals surface area (Å²) in [7, 11) is 0. The molecule has 0 saturated carbocycles. The first-order chi connectivity index (χ1) is 6.84. The molecule has 2 rings (SSSR count). The Morgan fingerprint density at radius 2 is 2.07 bits per heavy atom. The van der Waals surface area contributed by atoms with E-state index >= 15 is 0 Å². The Morgan fingerprint density at radius 1 is 1.29 bits per heavy atom. The van der Waals surface area contributed by atoms with E-state index in [9.17, 15) is 0 Å². The minimum Gasteiger partial charge on any atom is -0.381 e. The van der Waals surface area contributed by atoms with Crippen molar-refractivity contribution in [3.05, 3.63) is 17.8 Å². The van der Waals surface area contributed by atoms with Gasteiger partial charge >= 0.3 is 0 Å². The van der Waals surface area contributed by atoms with Crippen LogP contribution in [0, 0.1) is 6.92 Å². The lowest BCUT2D eigenvalue weighted by molar-refractivity contribution is 0.0903. The van der Waals surface area contributed by atoms with Gasteiger partial charge < -0.3 is 10.1 Å². The van der Waals surface area contributed by atoms with Crippen molar-refractivity contribution < 1.29 is 4.74 Å². The number of rotatable bonds is 2. The Balaban J connectivity index is 1.92. The van der Waals surface area contributed by atoms with Crippen molar-refractivity contribution in [3.8, 4) is 0 Å². The summed E-state index contributed by atoms with van der Waals surface area (Å²) in [5, 5.41) is 11.4. The maximum absolute atomic E-state index is 5.28. The molecule has 0 atom stereocenters. The van der Waals surface area contributed by atoms with E-state index < -0.39 is 0 Å². The monoisotopic (exact) mass is 193 g/mol. The van der Waals surface area contributed by atoms with Gasteiger partial charge in [0.2, 0.25) is 0 Å². The lowest BCUT2D eigenvalue weighted by Gasteiger charge is -2.23. The van der Waals surface area contributed by atoms with Gasteiger partial charge in [-0.1, -0.05) is 0 Å². The van der Waals surface area contributed by atoms with Gasteiger partial charge in [-0.15, -0.1) is 5.10 Å². The molecule has 0 radical (unpaired) electrons. The van der Waals surface area contributed by atoms with E-state index in [1.165, 1.54) is 0 Å². The third-order valence-electron chi connectivity index (χ3n) is 2.37. The molecule has 4 heteroatoms. The molecule has 2 heterocycles. The van der Waals surface area contributed by atoms with Gasteiger partial charge in [0.25, 0.3) is 0 Å². The Morgan fingerprint density at radius 3 is 2.71 bits per heavy atom. The van der Waals surface area contributed by atoms with Crippen molar-refractivity contribution >= 4 is 5.82 Å². The molecule has 14 heavy (non-hydrogen) atoms. The van der Waals surface area contributed by atoms with E-state index in [1.54, 1.807) is 0 Å². The molecule has 0 aliphatic carbocycles. The fourth-order valence-electron chi connectivity index (χ4n) is 1.53. The molecule has 0 aromatic carbocycles. The topological polar surface area (TPSA) is 47.0 Å². The van der Waals surface area contributed by atoms with E-state index in [0.29, 0.717) is 6.04 Å². The van der Waals surface area contributed by atoms with Crippen molar-refractivity contribution in [1.29, 1.82) is 0 Å². The number of aromatic nitrogens is 2. The quantitative estimate of drug-likeness (QED) is 0.770. The van der Waals surface area contributed by atoms with Crippen LogP contribution in [-0.2, 0) is 4.74 Å². The highest BCUT2D eigenvalue weighted by molar-refractivity contribution is 5.34. The molecule has 1 N–H and O–H groups in total. The second kappa shape index (κ2) is 4.37. The highest BCUT2D eigenvalue weighted by Crippen LogP contribution is 2.12. The van der Waals surface area contributed by atoms with Gasteiger partial charge in [0.1, 0.15) is 5.82 Å². The van der Waals surface area contributed by atoms with Crippen molar-refractivity contribution in [2.75, 3.05) is 18.5 Å². The lowest BCUT2D eigenvalue weighted by Crippen LogP contribution is -2.28. The zero-order valence-corrected chi connectivity index (χ0v) is 8.36. The fourth-order valence-corrected chi connectivity index (χ4v) is 1.53. The summed E-state index contributed by atoms with van der Waals surface area (Å²) < 4.78 is 5.28. The molecule has 0 unspecified atom stereocenters. The fraction of sp³-hybridized carbons (Fsp3) is 0.600. The normalized spacial score (nSPS) is 18.1. The summed E-state index contributed by atoms with van der Waals surface area (Å²) >= 11 is 0. The number of hydrogen-bond donors (Lipinski definition) is 1. The van der Waals surface area contributed by atoms with Crippen molar-refractivity contribution in [2.45, 2.75) is 25.8 Å². The van der Waals surface area contributed by atoms with E-state index in [1.807, 2.05) is 19.1 Å². The highest BCUT2D eigenvalue weighted by Gasteiger charge is 2.13. The van der Waals surface area contributed by atoms with Gasteiger partial charge in [0.05, 0.1) is 5.69 Å². The van der Waals surface area contributed by atoms with Crippen molar-refractivity contribution in [3.63, 3.8) is 0 Å². The van der Waals surface area contributed by atoms with E-state index in [4.69, 9.17) is 4.74 Å². The standard InChI is InChI=1S/C10H15N3O/c1-8-2-3-10(13-12-8)11-9-4-6-14-7-5-9/h2-3,9H,4-7H2,1H3,(H,11,13). The average Bonchev–Trinajstić information content (AvgIpc) is 2.23. The maximum atomic E-state index is 5.28. The Labute approximate surface area is 83.7 Å². The van der Waals surface area contributed by atoms with Crippen LogP contribution in [0.2, 0.25) is 0 Å². The van der Waals surface area contributed by atoms with Gasteiger partial charge in [0, 0.05) is 19.3 Å². The summed E-state index contributed by atoms with van der Waals surface area (Å²) in [5.41, 5.74) is 0.947. The molecule has 1 fully saturated rings. The van der Waals surface area contributed by atoms with Crippen LogP contribution in [0.5, 0.6) is 0 Å². The molecule has 76 valence electrons. The van der Waals surface area contributed by atoms with Gasteiger partial charge in [-0.3, -0.25) is 0 Å². The summed E-state index contributed by atoms with van der Waals surface area (Å²) in [6, 6.07) is 4.42. The molecule has 0 spiro atoms. The van der Waals surface area contributed by atoms with Crippen LogP contribution in [0.1, 0.15) is 18.5 Å². The van der Waals surface area contributed by atoms with E-state index in [0.717, 1.165) is 37.6 Å². The minimum atomic E-state index is 0.487. The van der Waals surface area contributed by atoms with Crippen LogP contribution in [0.25, 0.3) is 0 Å². The number of nitrogens with one attached hydrogen (secondary N) is 1. The first-order valence-corrected chi connectivity index (χ1v) is 4.99. The molecular weight excluding hydrogens is 178 g/mol. The third kappa shape index (κ3) is 2.42. The summed E-state index contributed by atoms with van der Waals surface area (Å²) in [6.07, 6.45) is 2.10. The molecular formula is C10H15N3O. The summed E-state index contributed by atoms with van der Waals surface area (Å²) in [5.74, 6) is 0.863. The van der Waals surface area contributed by atoms with Crippen LogP contribution in [0.15, 0.2) is 12.1 Å². The van der Waals surface area contributed by atoms with Gasteiger partial charge in [-0.05, 0) is 31.9 Å². The second-order valence-corrected chi connectivity index (χ2v) is 3.59. The molecule has 0 amide bonds. The zero-order chi connectivity index (χ0) is 9.80. The second-order valence-electron chi connectivity index (χ2n) is 3.59. The summed E-state index contributed by atoms with van der Waals surface area (Å²) in [4.78, 5) is 0. The first-order valence-electron chi connectivity index (χ1n) is 4.99. The van der Waals surface area contributed by atoms with Crippen LogP contribution in [-0.4, -0.2) is 29.5 Å². The number of aryl methyl sites for hydroxylation is 1. The number of nitrogens with zero attached hydrogens (tertiary/aromatic N) is 2. The zero-order valence-electron chi connectivity index (χ0n) is 8.36. The van der Waals surface area contributed by atoms with Gasteiger partial charge in [0.15, 0.2) is 0 Å². The predicted octanol–water partition coefficient (Wildman–Crippen LogP) is 1.38. The third-order valence-corrected chi connectivity index (χ3v) is 2.37. The average molecular weight is 193 g/mol. The molecule has 1 aromatic heterocycles. The van der Waals surface area contributed by atoms with Crippen LogP contribution in [0.3, 0.4) is 0 Å². The molecule has 1 saturated heterocycles. The Bertz CT molecular complexity index is 280. The predicted molar refractivity (Wildman–Crippen MR) is 54.2 cm³/mol. The van der Waals surface area contributed by atoms with E-state index in [2.05, 4.69) is 15.5 Å². The van der Waals surface area contributed by atoms with Crippen LogP contribution in [0.4, 0.5) is 5.82 Å². The molecule has 1 aromatic rings. The maximum Gasteiger partial charge on any atom is 0.148 e. The van der Waals surface area contributed by atoms with Gasteiger partial charge in [-0.2, -0.15) is 5.10 Å². The summed E-state index contributed by atoms with van der Waals surface area (Å²) in [6.45, 7) is 3.62. The minimum absolute atomic E-state index is 0.487. The number of anilines is 1. The molecule has 0 bridgehead atoms. The SMILES string of the molecule is Cc1ccc(NC2CCOCC2)nn1. The molecule has 1 aliphatic rings. The van der Waals surface area contributed by atoms with E-state index in [-0.39, 0.29) is 0 Å². The van der Waals surface area contributed by atoms with Crippen LogP contribution < -0.4 is 5.32 Å². The largest absolute Gasteiger partial charge is 0.381 e. The lowest BCUT2D eigenvalue weighted by atomic mass is 10.1.